The number of rotatable bonds is 10. The van der Waals surface area contributed by atoms with Gasteiger partial charge in [-0.05, 0) is 55.8 Å². The van der Waals surface area contributed by atoms with Crippen molar-refractivity contribution in [3.8, 4) is 5.69 Å². The fourth-order valence-electron chi connectivity index (χ4n) is 3.46. The monoisotopic (exact) mass is 534 g/mol. The first-order valence-corrected chi connectivity index (χ1v) is 13.5. The van der Waals surface area contributed by atoms with Gasteiger partial charge in [-0.1, -0.05) is 23.8 Å². The van der Waals surface area contributed by atoms with E-state index in [0.29, 0.717) is 18.7 Å². The van der Waals surface area contributed by atoms with Gasteiger partial charge in [-0.25, -0.2) is 27.2 Å². The minimum atomic E-state index is -4.21. The SMILES string of the molecule is CC(=O)NS(=O)(=O)c1ccc(-n2nc(COC(=O)CCCP)nc2Cc2cc(C)ccc2C)c(F)c1. The van der Waals surface area contributed by atoms with Crippen LogP contribution in [0.15, 0.2) is 41.3 Å². The molecule has 0 aliphatic heterocycles. The molecule has 0 bridgehead atoms. The zero-order chi connectivity index (χ0) is 26.5. The van der Waals surface area contributed by atoms with E-state index in [1.54, 1.807) is 4.72 Å². The Labute approximate surface area is 211 Å². The van der Waals surface area contributed by atoms with Gasteiger partial charge in [0, 0.05) is 19.8 Å². The van der Waals surface area contributed by atoms with E-state index in [1.165, 1.54) is 16.8 Å². The van der Waals surface area contributed by atoms with Gasteiger partial charge in [0.2, 0.25) is 5.91 Å². The number of sulfonamides is 1. The van der Waals surface area contributed by atoms with E-state index in [1.807, 2.05) is 32.0 Å². The van der Waals surface area contributed by atoms with E-state index < -0.39 is 26.6 Å². The summed E-state index contributed by atoms with van der Waals surface area (Å²) in [4.78, 5) is 27.2. The highest BCUT2D eigenvalue weighted by molar-refractivity contribution is 7.90. The van der Waals surface area contributed by atoms with Crippen molar-refractivity contribution < 1.29 is 27.1 Å². The predicted molar refractivity (Wildman–Crippen MR) is 135 cm³/mol. The number of ether oxygens (including phenoxy) is 1. The molecule has 0 aliphatic carbocycles. The third kappa shape index (κ3) is 6.95. The number of nitrogens with one attached hydrogen (secondary N) is 1. The molecule has 1 heterocycles. The van der Waals surface area contributed by atoms with Crippen LogP contribution < -0.4 is 4.72 Å². The summed E-state index contributed by atoms with van der Waals surface area (Å²) in [5.74, 6) is -1.48. The first kappa shape index (κ1) is 27.4. The van der Waals surface area contributed by atoms with Gasteiger partial charge in [0.15, 0.2) is 12.4 Å². The molecule has 1 amide bonds. The lowest BCUT2D eigenvalue weighted by molar-refractivity contribution is -0.145. The van der Waals surface area contributed by atoms with Crippen molar-refractivity contribution in [2.75, 3.05) is 6.16 Å². The first-order valence-electron chi connectivity index (χ1n) is 11.2. The molecular weight excluding hydrogens is 506 g/mol. The van der Waals surface area contributed by atoms with Gasteiger partial charge in [0.1, 0.15) is 17.3 Å². The minimum absolute atomic E-state index is 0.0369. The van der Waals surface area contributed by atoms with Gasteiger partial charge in [0.25, 0.3) is 10.0 Å². The Morgan fingerprint density at radius 2 is 1.92 bits per heavy atom. The summed E-state index contributed by atoms with van der Waals surface area (Å²) in [5, 5.41) is 4.35. The van der Waals surface area contributed by atoms with E-state index >= 15 is 4.39 Å². The number of aryl methyl sites for hydroxylation is 2. The molecule has 0 fully saturated rings. The van der Waals surface area contributed by atoms with Crippen molar-refractivity contribution >= 4 is 31.1 Å². The maximum Gasteiger partial charge on any atom is 0.306 e. The molecule has 0 aliphatic rings. The standard InChI is InChI=1S/C24H28FN4O5PS/c1-15-6-7-16(2)18(11-15)12-23-26-22(14-34-24(31)5-4-10-35)27-29(23)21-9-8-19(13-20(21)25)36(32,33)28-17(3)30/h6-9,11,13H,4-5,10,12,14,35H2,1-3H3,(H,28,30). The summed E-state index contributed by atoms with van der Waals surface area (Å²) in [6.45, 7) is 4.78. The number of aromatic nitrogens is 3. The van der Waals surface area contributed by atoms with Crippen LogP contribution in [-0.2, 0) is 37.4 Å². The highest BCUT2D eigenvalue weighted by Gasteiger charge is 2.21. The Kier molecular flexibility index (Phi) is 8.92. The molecule has 9 nitrogen and oxygen atoms in total. The van der Waals surface area contributed by atoms with Crippen LogP contribution in [-0.4, -0.2) is 41.2 Å². The van der Waals surface area contributed by atoms with E-state index in [0.717, 1.165) is 35.8 Å². The molecule has 0 saturated carbocycles. The van der Waals surface area contributed by atoms with E-state index in [9.17, 15) is 18.0 Å². The molecule has 36 heavy (non-hydrogen) atoms. The second-order valence-corrected chi connectivity index (χ2v) is 10.6. The van der Waals surface area contributed by atoms with Crippen molar-refractivity contribution in [1.29, 1.82) is 0 Å². The van der Waals surface area contributed by atoms with Gasteiger partial charge in [-0.15, -0.1) is 14.3 Å². The number of halogens is 1. The molecule has 12 heteroatoms. The Morgan fingerprint density at radius 3 is 2.58 bits per heavy atom. The van der Waals surface area contributed by atoms with E-state index in [4.69, 9.17) is 4.74 Å². The lowest BCUT2D eigenvalue weighted by atomic mass is 10.0. The molecule has 1 aromatic heterocycles. The lowest BCUT2D eigenvalue weighted by Gasteiger charge is -2.11. The van der Waals surface area contributed by atoms with Gasteiger partial charge < -0.3 is 4.74 Å². The molecular formula is C24H28FN4O5PS. The average Bonchev–Trinajstić information content (AvgIpc) is 3.20. The topological polar surface area (TPSA) is 120 Å². The normalized spacial score (nSPS) is 11.4. The van der Waals surface area contributed by atoms with Crippen LogP contribution in [0.1, 0.15) is 48.1 Å². The fraction of sp³-hybridized carbons (Fsp3) is 0.333. The van der Waals surface area contributed by atoms with Gasteiger partial charge in [0.05, 0.1) is 4.90 Å². The summed E-state index contributed by atoms with van der Waals surface area (Å²) < 4.78 is 48.0. The fourth-order valence-corrected chi connectivity index (χ4v) is 4.67. The maximum absolute atomic E-state index is 15.2. The summed E-state index contributed by atoms with van der Waals surface area (Å²) in [6.07, 6.45) is 2.02. The summed E-state index contributed by atoms with van der Waals surface area (Å²) in [7, 11) is -1.67. The highest BCUT2D eigenvalue weighted by atomic mass is 32.2. The molecule has 0 radical (unpaired) electrons. The molecule has 3 rings (SSSR count). The van der Waals surface area contributed by atoms with Crippen molar-refractivity contribution in [2.45, 2.75) is 51.5 Å². The Balaban J connectivity index is 1.99. The Hall–Kier alpha value is -3.17. The Bertz CT molecular complexity index is 1390. The molecule has 3 aromatic rings. The molecule has 0 saturated heterocycles. The van der Waals surface area contributed by atoms with Gasteiger partial charge >= 0.3 is 5.97 Å². The second kappa shape index (κ2) is 11.7. The van der Waals surface area contributed by atoms with Crippen LogP contribution in [0.25, 0.3) is 5.69 Å². The molecule has 2 aromatic carbocycles. The quantitative estimate of drug-likeness (QED) is 0.313. The number of amides is 1. The largest absolute Gasteiger partial charge is 0.457 e. The van der Waals surface area contributed by atoms with Gasteiger partial charge in [-0.2, -0.15) is 0 Å². The number of esters is 1. The third-order valence-corrected chi connectivity index (χ3v) is 7.09. The average molecular weight is 535 g/mol. The summed E-state index contributed by atoms with van der Waals surface area (Å²) in [5.41, 5.74) is 2.98. The number of nitrogens with zero attached hydrogens (tertiary/aromatic N) is 3. The third-order valence-electron chi connectivity index (χ3n) is 5.25. The first-order chi connectivity index (χ1) is 17.0. The second-order valence-electron chi connectivity index (χ2n) is 8.29. The number of carbonyl (C=O) groups excluding carboxylic acids is 2. The number of benzene rings is 2. The molecule has 1 N–H and O–H groups in total. The number of hydrogen-bond acceptors (Lipinski definition) is 7. The van der Waals surface area contributed by atoms with Crippen molar-refractivity contribution in [1.82, 2.24) is 19.5 Å². The van der Waals surface area contributed by atoms with Crippen LogP contribution in [0.5, 0.6) is 0 Å². The summed E-state index contributed by atoms with van der Waals surface area (Å²) >= 11 is 0. The zero-order valence-corrected chi connectivity index (χ0v) is 22.2. The lowest BCUT2D eigenvalue weighted by Crippen LogP contribution is -2.28. The minimum Gasteiger partial charge on any atom is -0.457 e. The zero-order valence-electron chi connectivity index (χ0n) is 20.2. The predicted octanol–water partition coefficient (Wildman–Crippen LogP) is 3.14. The number of carbonyl (C=O) groups is 2. The van der Waals surface area contributed by atoms with Crippen LogP contribution in [0.2, 0.25) is 0 Å². The highest BCUT2D eigenvalue weighted by Crippen LogP contribution is 2.22. The molecule has 1 unspecified atom stereocenters. The molecule has 1 atom stereocenters. The smallest absolute Gasteiger partial charge is 0.306 e. The van der Waals surface area contributed by atoms with Gasteiger partial charge in [-0.3, -0.25) is 9.59 Å². The van der Waals surface area contributed by atoms with Crippen molar-refractivity contribution in [2.24, 2.45) is 0 Å². The van der Waals surface area contributed by atoms with Crippen molar-refractivity contribution in [3.05, 3.63) is 70.6 Å². The van der Waals surface area contributed by atoms with Crippen molar-refractivity contribution in [3.63, 3.8) is 0 Å². The van der Waals surface area contributed by atoms with E-state index in [-0.39, 0.29) is 30.5 Å². The molecule has 0 spiro atoms. The molecule has 192 valence electrons. The van der Waals surface area contributed by atoms with Crippen LogP contribution in [0.3, 0.4) is 0 Å². The number of hydrogen-bond donors (Lipinski definition) is 1. The Morgan fingerprint density at radius 1 is 1.17 bits per heavy atom. The summed E-state index contributed by atoms with van der Waals surface area (Å²) in [6, 6.07) is 9.19. The van der Waals surface area contributed by atoms with Crippen LogP contribution in [0.4, 0.5) is 4.39 Å². The van der Waals surface area contributed by atoms with E-state index in [2.05, 4.69) is 19.3 Å². The van der Waals surface area contributed by atoms with Crippen LogP contribution in [0, 0.1) is 19.7 Å². The maximum atomic E-state index is 15.2. The van der Waals surface area contributed by atoms with Crippen LogP contribution >= 0.6 is 9.24 Å².